The van der Waals surface area contributed by atoms with Gasteiger partial charge in [0.05, 0.1) is 5.69 Å². The molecule has 0 spiro atoms. The molecule has 0 atom stereocenters. The van der Waals surface area contributed by atoms with Crippen molar-refractivity contribution in [2.75, 3.05) is 0 Å². The Morgan fingerprint density at radius 1 is 1.07 bits per heavy atom. The molecule has 0 saturated carbocycles. The fourth-order valence-corrected chi connectivity index (χ4v) is 1.37. The van der Waals surface area contributed by atoms with Gasteiger partial charge in [-0.3, -0.25) is 0 Å². The summed E-state index contributed by atoms with van der Waals surface area (Å²) in [5, 5.41) is 9.23. The van der Waals surface area contributed by atoms with Crippen LogP contribution >= 0.6 is 0 Å². The molecule has 1 aromatic heterocycles. The molecule has 0 aromatic carbocycles. The highest BCUT2D eigenvalue weighted by Crippen LogP contribution is 2.30. The van der Waals surface area contributed by atoms with Crippen LogP contribution < -0.4 is 0 Å². The third-order valence-corrected chi connectivity index (χ3v) is 2.19. The van der Waals surface area contributed by atoms with E-state index in [1.165, 1.54) is 0 Å². The van der Waals surface area contributed by atoms with E-state index in [0.717, 1.165) is 5.69 Å². The molecule has 86 valence electrons. The van der Waals surface area contributed by atoms with Crippen LogP contribution in [0, 0.1) is 0 Å². The summed E-state index contributed by atoms with van der Waals surface area (Å²) in [5.74, 6) is 1.28. The second-order valence-corrected chi connectivity index (χ2v) is 5.95. The SMILES string of the molecule is CC(C)(C)c1nc(C(C)(C)C)c(CO)o1. The zero-order valence-corrected chi connectivity index (χ0v) is 10.5. The van der Waals surface area contributed by atoms with Crippen molar-refractivity contribution >= 4 is 0 Å². The molecule has 0 aliphatic rings. The van der Waals surface area contributed by atoms with E-state index in [-0.39, 0.29) is 17.4 Å². The molecule has 3 heteroatoms. The van der Waals surface area contributed by atoms with Gasteiger partial charge in [-0.05, 0) is 0 Å². The smallest absolute Gasteiger partial charge is 0.200 e. The lowest BCUT2D eigenvalue weighted by molar-refractivity contribution is 0.233. The Morgan fingerprint density at radius 3 is 1.87 bits per heavy atom. The number of oxazole rings is 1. The minimum absolute atomic E-state index is 0.0876. The maximum absolute atomic E-state index is 9.23. The van der Waals surface area contributed by atoms with Crippen LogP contribution in [-0.4, -0.2) is 10.1 Å². The fraction of sp³-hybridized carbons (Fsp3) is 0.750. The minimum atomic E-state index is -0.118. The van der Waals surface area contributed by atoms with Gasteiger partial charge in [-0.1, -0.05) is 41.5 Å². The average Bonchev–Trinajstić information content (AvgIpc) is 2.44. The van der Waals surface area contributed by atoms with Crippen molar-refractivity contribution in [1.29, 1.82) is 0 Å². The zero-order chi connectivity index (χ0) is 11.9. The van der Waals surface area contributed by atoms with Crippen molar-refractivity contribution in [2.45, 2.75) is 59.0 Å². The molecular weight excluding hydrogens is 190 g/mol. The third-order valence-electron chi connectivity index (χ3n) is 2.19. The normalized spacial score (nSPS) is 13.3. The summed E-state index contributed by atoms with van der Waals surface area (Å²) in [6.07, 6.45) is 0. The van der Waals surface area contributed by atoms with Crippen molar-refractivity contribution in [3.8, 4) is 0 Å². The van der Waals surface area contributed by atoms with Gasteiger partial charge in [-0.25, -0.2) is 4.98 Å². The Labute approximate surface area is 91.5 Å². The van der Waals surface area contributed by atoms with Gasteiger partial charge in [-0.15, -0.1) is 0 Å². The zero-order valence-electron chi connectivity index (χ0n) is 10.5. The topological polar surface area (TPSA) is 46.3 Å². The molecule has 1 heterocycles. The van der Waals surface area contributed by atoms with Gasteiger partial charge in [0.2, 0.25) is 0 Å². The van der Waals surface area contributed by atoms with E-state index in [4.69, 9.17) is 4.42 Å². The maximum atomic E-state index is 9.23. The molecule has 15 heavy (non-hydrogen) atoms. The number of hydrogen-bond donors (Lipinski definition) is 1. The average molecular weight is 211 g/mol. The van der Waals surface area contributed by atoms with Crippen molar-refractivity contribution in [2.24, 2.45) is 0 Å². The molecule has 1 N–H and O–H groups in total. The molecule has 0 bridgehead atoms. The van der Waals surface area contributed by atoms with E-state index >= 15 is 0 Å². The van der Waals surface area contributed by atoms with Crippen LogP contribution in [0.3, 0.4) is 0 Å². The van der Waals surface area contributed by atoms with Crippen molar-refractivity contribution < 1.29 is 9.52 Å². The van der Waals surface area contributed by atoms with Crippen LogP contribution in [0.5, 0.6) is 0 Å². The van der Waals surface area contributed by atoms with Crippen molar-refractivity contribution in [3.05, 3.63) is 17.3 Å². The quantitative estimate of drug-likeness (QED) is 0.777. The lowest BCUT2D eigenvalue weighted by Crippen LogP contribution is -2.16. The lowest BCUT2D eigenvalue weighted by Gasteiger charge is -2.16. The standard InChI is InChI=1S/C12H21NO2/c1-11(2,3)9-8(7-14)15-10(13-9)12(4,5)6/h14H,7H2,1-6H3. The number of hydrogen-bond acceptors (Lipinski definition) is 3. The fourth-order valence-electron chi connectivity index (χ4n) is 1.37. The van der Waals surface area contributed by atoms with E-state index in [2.05, 4.69) is 25.8 Å². The van der Waals surface area contributed by atoms with Crippen LogP contribution in [0.15, 0.2) is 4.42 Å². The molecule has 0 fully saturated rings. The second kappa shape index (κ2) is 3.63. The molecular formula is C12H21NO2. The van der Waals surface area contributed by atoms with E-state index in [0.29, 0.717) is 11.7 Å². The van der Waals surface area contributed by atoms with Crippen LogP contribution in [0.4, 0.5) is 0 Å². The first-order valence-corrected chi connectivity index (χ1v) is 5.28. The molecule has 0 radical (unpaired) electrons. The summed E-state index contributed by atoms with van der Waals surface area (Å²) in [6, 6.07) is 0. The number of aromatic nitrogens is 1. The van der Waals surface area contributed by atoms with Gasteiger partial charge in [0, 0.05) is 10.8 Å². The first-order valence-electron chi connectivity index (χ1n) is 5.28. The monoisotopic (exact) mass is 211 g/mol. The summed E-state index contributed by atoms with van der Waals surface area (Å²) >= 11 is 0. The van der Waals surface area contributed by atoms with Gasteiger partial charge in [-0.2, -0.15) is 0 Å². The Bertz CT molecular complexity index is 339. The van der Waals surface area contributed by atoms with Crippen LogP contribution in [0.25, 0.3) is 0 Å². The molecule has 0 unspecified atom stereocenters. The Kier molecular flexibility index (Phi) is 2.97. The molecule has 0 saturated heterocycles. The van der Waals surface area contributed by atoms with Crippen molar-refractivity contribution in [1.82, 2.24) is 4.98 Å². The third kappa shape index (κ3) is 2.59. The van der Waals surface area contributed by atoms with E-state index < -0.39 is 0 Å². The largest absolute Gasteiger partial charge is 0.442 e. The maximum Gasteiger partial charge on any atom is 0.200 e. The summed E-state index contributed by atoms with van der Waals surface area (Å²) in [6.45, 7) is 12.3. The van der Waals surface area contributed by atoms with Crippen LogP contribution in [-0.2, 0) is 17.4 Å². The van der Waals surface area contributed by atoms with Gasteiger partial charge in [0.1, 0.15) is 6.61 Å². The lowest BCUT2D eigenvalue weighted by atomic mass is 9.91. The molecule has 3 nitrogen and oxygen atoms in total. The molecule has 1 rings (SSSR count). The minimum Gasteiger partial charge on any atom is -0.442 e. The van der Waals surface area contributed by atoms with Gasteiger partial charge < -0.3 is 9.52 Å². The molecule has 1 aromatic rings. The van der Waals surface area contributed by atoms with Crippen LogP contribution in [0.2, 0.25) is 0 Å². The summed E-state index contributed by atoms with van der Waals surface area (Å²) in [4.78, 5) is 4.50. The highest BCUT2D eigenvalue weighted by atomic mass is 16.4. The predicted octanol–water partition coefficient (Wildman–Crippen LogP) is 2.76. The molecule has 0 amide bonds. The Hall–Kier alpha value is -0.830. The Morgan fingerprint density at radius 2 is 1.60 bits per heavy atom. The Balaban J connectivity index is 3.24. The van der Waals surface area contributed by atoms with Gasteiger partial charge in [0.15, 0.2) is 11.7 Å². The summed E-state index contributed by atoms with van der Waals surface area (Å²) in [5.41, 5.74) is 0.647. The predicted molar refractivity (Wildman–Crippen MR) is 59.8 cm³/mol. The van der Waals surface area contributed by atoms with E-state index in [1.807, 2.05) is 20.8 Å². The van der Waals surface area contributed by atoms with E-state index in [9.17, 15) is 5.11 Å². The highest BCUT2D eigenvalue weighted by Gasteiger charge is 2.28. The van der Waals surface area contributed by atoms with Crippen molar-refractivity contribution in [3.63, 3.8) is 0 Å². The number of aliphatic hydroxyl groups excluding tert-OH is 1. The number of nitrogens with zero attached hydrogens (tertiary/aromatic N) is 1. The highest BCUT2D eigenvalue weighted by molar-refractivity contribution is 5.20. The number of rotatable bonds is 1. The van der Waals surface area contributed by atoms with E-state index in [1.54, 1.807) is 0 Å². The van der Waals surface area contributed by atoms with Gasteiger partial charge in [0.25, 0.3) is 0 Å². The first-order chi connectivity index (χ1) is 6.66. The first kappa shape index (κ1) is 12.2. The molecule has 0 aliphatic carbocycles. The van der Waals surface area contributed by atoms with Gasteiger partial charge >= 0.3 is 0 Å². The summed E-state index contributed by atoms with van der Waals surface area (Å²) < 4.78 is 5.59. The number of aliphatic hydroxyl groups is 1. The molecule has 0 aliphatic heterocycles. The van der Waals surface area contributed by atoms with Crippen LogP contribution in [0.1, 0.15) is 58.9 Å². The second-order valence-electron chi connectivity index (χ2n) is 5.95. The summed E-state index contributed by atoms with van der Waals surface area (Å²) in [7, 11) is 0.